The van der Waals surface area contributed by atoms with Gasteiger partial charge >= 0.3 is 0 Å². The maximum Gasteiger partial charge on any atom is 0.158 e. The number of nitriles is 1. The number of rotatable bonds is 6. The first-order valence-electron chi connectivity index (χ1n) is 5.79. The van der Waals surface area contributed by atoms with Gasteiger partial charge in [-0.05, 0) is 13.8 Å². The molecule has 0 aliphatic rings. The predicted octanol–water partition coefficient (Wildman–Crippen LogP) is 2.40. The number of anilines is 1. The highest BCUT2D eigenvalue weighted by Crippen LogP contribution is 2.18. The van der Waals surface area contributed by atoms with Gasteiger partial charge in [0.2, 0.25) is 0 Å². The van der Waals surface area contributed by atoms with Gasteiger partial charge in [-0.25, -0.2) is 9.97 Å². The zero-order valence-electron chi connectivity index (χ0n) is 10.9. The summed E-state index contributed by atoms with van der Waals surface area (Å²) >= 11 is 5.96. The SMILES string of the molecule is CCOCc1nc(Cl)cc(N(C)C(C)CC#N)n1. The van der Waals surface area contributed by atoms with Crippen molar-refractivity contribution in [3.63, 3.8) is 0 Å². The van der Waals surface area contributed by atoms with Crippen LogP contribution in [0.15, 0.2) is 6.07 Å². The number of hydrogen-bond acceptors (Lipinski definition) is 5. The molecule has 1 aromatic heterocycles. The van der Waals surface area contributed by atoms with Crippen molar-refractivity contribution in [1.82, 2.24) is 9.97 Å². The Labute approximate surface area is 112 Å². The lowest BCUT2D eigenvalue weighted by molar-refractivity contribution is 0.128. The molecule has 6 heteroatoms. The highest BCUT2D eigenvalue weighted by Gasteiger charge is 2.13. The molecule has 0 fully saturated rings. The molecule has 0 radical (unpaired) electrons. The zero-order chi connectivity index (χ0) is 13.5. The number of aromatic nitrogens is 2. The fourth-order valence-corrected chi connectivity index (χ4v) is 1.58. The van der Waals surface area contributed by atoms with Crippen LogP contribution in [-0.2, 0) is 11.3 Å². The van der Waals surface area contributed by atoms with E-state index in [0.717, 1.165) is 0 Å². The highest BCUT2D eigenvalue weighted by atomic mass is 35.5. The Hall–Kier alpha value is -1.38. The summed E-state index contributed by atoms with van der Waals surface area (Å²) in [5.41, 5.74) is 0. The lowest BCUT2D eigenvalue weighted by Gasteiger charge is -2.24. The van der Waals surface area contributed by atoms with Crippen molar-refractivity contribution in [1.29, 1.82) is 5.26 Å². The van der Waals surface area contributed by atoms with Gasteiger partial charge in [-0.2, -0.15) is 5.26 Å². The second kappa shape index (κ2) is 7.14. The number of nitrogens with zero attached hydrogens (tertiary/aromatic N) is 4. The van der Waals surface area contributed by atoms with Crippen molar-refractivity contribution in [2.45, 2.75) is 32.9 Å². The van der Waals surface area contributed by atoms with Crippen LogP contribution in [0.25, 0.3) is 0 Å². The fourth-order valence-electron chi connectivity index (χ4n) is 1.39. The van der Waals surface area contributed by atoms with Gasteiger partial charge in [0.15, 0.2) is 5.82 Å². The van der Waals surface area contributed by atoms with Gasteiger partial charge in [-0.15, -0.1) is 0 Å². The molecular weight excluding hydrogens is 252 g/mol. The van der Waals surface area contributed by atoms with Crippen LogP contribution in [0.2, 0.25) is 5.15 Å². The minimum atomic E-state index is 0.0703. The average Bonchev–Trinajstić information content (AvgIpc) is 2.35. The third-order valence-electron chi connectivity index (χ3n) is 2.57. The Morgan fingerprint density at radius 2 is 2.28 bits per heavy atom. The van der Waals surface area contributed by atoms with Crippen LogP contribution in [0.5, 0.6) is 0 Å². The predicted molar refractivity (Wildman–Crippen MR) is 70.5 cm³/mol. The topological polar surface area (TPSA) is 62.0 Å². The molecule has 0 saturated carbocycles. The Morgan fingerprint density at radius 1 is 1.56 bits per heavy atom. The van der Waals surface area contributed by atoms with Gasteiger partial charge in [0, 0.05) is 25.8 Å². The molecule has 5 nitrogen and oxygen atoms in total. The molecule has 0 amide bonds. The third-order valence-corrected chi connectivity index (χ3v) is 2.77. The Kier molecular flexibility index (Phi) is 5.83. The first kappa shape index (κ1) is 14.7. The van der Waals surface area contributed by atoms with E-state index in [1.807, 2.05) is 25.8 Å². The summed E-state index contributed by atoms with van der Waals surface area (Å²) < 4.78 is 5.26. The van der Waals surface area contributed by atoms with Crippen LogP contribution in [0.4, 0.5) is 5.82 Å². The molecule has 98 valence electrons. The summed E-state index contributed by atoms with van der Waals surface area (Å²) in [7, 11) is 1.88. The third kappa shape index (κ3) is 4.13. The maximum atomic E-state index is 8.70. The fraction of sp³-hybridized carbons (Fsp3) is 0.583. The molecular formula is C12H17ClN4O. The van der Waals surface area contributed by atoms with E-state index in [9.17, 15) is 0 Å². The molecule has 18 heavy (non-hydrogen) atoms. The van der Waals surface area contributed by atoms with Gasteiger partial charge in [-0.3, -0.25) is 0 Å². The second-order valence-electron chi connectivity index (χ2n) is 3.92. The van der Waals surface area contributed by atoms with Gasteiger partial charge in [0.25, 0.3) is 0 Å². The van der Waals surface area contributed by atoms with Crippen LogP contribution < -0.4 is 4.90 Å². The molecule has 0 aliphatic heterocycles. The quantitative estimate of drug-likeness (QED) is 0.742. The number of hydrogen-bond donors (Lipinski definition) is 0. The first-order chi connectivity index (χ1) is 8.58. The molecule has 1 aromatic rings. The largest absolute Gasteiger partial charge is 0.374 e. The molecule has 0 saturated heterocycles. The Balaban J connectivity index is 2.88. The van der Waals surface area contributed by atoms with Crippen molar-refractivity contribution in [3.8, 4) is 6.07 Å². The van der Waals surface area contributed by atoms with Gasteiger partial charge in [0.05, 0.1) is 12.5 Å². The van der Waals surface area contributed by atoms with Crippen molar-refractivity contribution in [3.05, 3.63) is 17.0 Å². The first-order valence-corrected chi connectivity index (χ1v) is 6.17. The van der Waals surface area contributed by atoms with E-state index in [2.05, 4.69) is 16.0 Å². The van der Waals surface area contributed by atoms with E-state index in [1.165, 1.54) is 0 Å². The van der Waals surface area contributed by atoms with Crippen LogP contribution in [0.1, 0.15) is 26.1 Å². The van der Waals surface area contributed by atoms with Crippen LogP contribution >= 0.6 is 11.6 Å². The normalized spacial score (nSPS) is 11.9. The summed E-state index contributed by atoms with van der Waals surface area (Å²) in [5.74, 6) is 1.25. The molecule has 1 rings (SSSR count). The standard InChI is InChI=1S/C12H17ClN4O/c1-4-18-8-11-15-10(13)7-12(16-11)17(3)9(2)5-6-14/h7,9H,4-5,8H2,1-3H3. The maximum absolute atomic E-state index is 8.70. The number of ether oxygens (including phenoxy) is 1. The van der Waals surface area contributed by atoms with Gasteiger partial charge < -0.3 is 9.64 Å². The molecule has 1 heterocycles. The molecule has 1 unspecified atom stereocenters. The van der Waals surface area contributed by atoms with E-state index in [-0.39, 0.29) is 6.04 Å². The van der Waals surface area contributed by atoms with Gasteiger partial charge in [0.1, 0.15) is 17.6 Å². The number of halogens is 1. The summed E-state index contributed by atoms with van der Waals surface area (Å²) in [6.45, 7) is 4.81. The average molecular weight is 269 g/mol. The highest BCUT2D eigenvalue weighted by molar-refractivity contribution is 6.29. The van der Waals surface area contributed by atoms with Crippen molar-refractivity contribution >= 4 is 17.4 Å². The minimum Gasteiger partial charge on any atom is -0.374 e. The van der Waals surface area contributed by atoms with E-state index in [1.54, 1.807) is 6.07 Å². The van der Waals surface area contributed by atoms with Crippen molar-refractivity contribution in [2.24, 2.45) is 0 Å². The molecule has 0 N–H and O–H groups in total. The van der Waals surface area contributed by atoms with E-state index in [4.69, 9.17) is 21.6 Å². The summed E-state index contributed by atoms with van der Waals surface area (Å²) in [5, 5.41) is 9.08. The molecule has 0 spiro atoms. The van der Waals surface area contributed by atoms with Crippen LogP contribution in [0.3, 0.4) is 0 Å². The lowest BCUT2D eigenvalue weighted by atomic mass is 10.2. The van der Waals surface area contributed by atoms with E-state index < -0.39 is 0 Å². The smallest absolute Gasteiger partial charge is 0.158 e. The van der Waals surface area contributed by atoms with Crippen LogP contribution in [0, 0.1) is 11.3 Å². The van der Waals surface area contributed by atoms with Crippen LogP contribution in [-0.4, -0.2) is 29.7 Å². The molecule has 0 aliphatic carbocycles. The summed E-state index contributed by atoms with van der Waals surface area (Å²) in [6.07, 6.45) is 0.429. The molecule has 0 aromatic carbocycles. The van der Waals surface area contributed by atoms with Crippen molar-refractivity contribution in [2.75, 3.05) is 18.6 Å². The second-order valence-corrected chi connectivity index (χ2v) is 4.31. The van der Waals surface area contributed by atoms with E-state index >= 15 is 0 Å². The summed E-state index contributed by atoms with van der Waals surface area (Å²) in [4.78, 5) is 10.4. The minimum absolute atomic E-state index is 0.0703. The Morgan fingerprint density at radius 3 is 2.89 bits per heavy atom. The molecule has 1 atom stereocenters. The van der Waals surface area contributed by atoms with Gasteiger partial charge in [-0.1, -0.05) is 11.6 Å². The molecule has 0 bridgehead atoms. The Bertz CT molecular complexity index is 433. The van der Waals surface area contributed by atoms with E-state index in [0.29, 0.717) is 36.4 Å². The monoisotopic (exact) mass is 268 g/mol. The lowest BCUT2D eigenvalue weighted by Crippen LogP contribution is -2.29. The van der Waals surface area contributed by atoms with Crippen molar-refractivity contribution < 1.29 is 4.74 Å². The zero-order valence-corrected chi connectivity index (χ0v) is 11.6. The summed E-state index contributed by atoms with van der Waals surface area (Å²) in [6, 6.07) is 3.89.